The van der Waals surface area contributed by atoms with Crippen LogP contribution in [0.2, 0.25) is 0 Å². The van der Waals surface area contributed by atoms with Gasteiger partial charge in [-0.3, -0.25) is 4.79 Å². The van der Waals surface area contributed by atoms with Crippen LogP contribution in [0.1, 0.15) is 0 Å². The van der Waals surface area contributed by atoms with E-state index in [9.17, 15) is 4.79 Å². The second-order valence-corrected chi connectivity index (χ2v) is 7.76. The molecule has 0 aliphatic heterocycles. The fourth-order valence-corrected chi connectivity index (χ4v) is 4.34. The van der Waals surface area contributed by atoms with Crippen LogP contribution < -0.4 is 5.32 Å². The van der Waals surface area contributed by atoms with Crippen molar-refractivity contribution in [2.24, 2.45) is 0 Å². The Hall–Kier alpha value is -2.63. The van der Waals surface area contributed by atoms with Crippen molar-refractivity contribution in [2.45, 2.75) is 4.90 Å². The molecule has 0 aliphatic carbocycles. The summed E-state index contributed by atoms with van der Waals surface area (Å²) in [6, 6.07) is 25.8. The number of aromatic nitrogens is 1. The first-order valence-corrected chi connectivity index (χ1v) is 10.0. The fourth-order valence-electron chi connectivity index (χ4n) is 2.62. The smallest absolute Gasteiger partial charge is 0.234 e. The molecule has 5 heteroatoms. The molecule has 1 heterocycles. The molecular weight excluding hydrogens is 360 g/mol. The van der Waals surface area contributed by atoms with Crippen LogP contribution >= 0.6 is 23.1 Å². The number of hydrogen-bond donors (Lipinski definition) is 1. The van der Waals surface area contributed by atoms with Gasteiger partial charge >= 0.3 is 0 Å². The van der Waals surface area contributed by atoms with Crippen molar-refractivity contribution in [3.63, 3.8) is 0 Å². The number of thiazole rings is 1. The SMILES string of the molecule is O=C(CSc1ccccc1)Nc1ccccc1-c1nc2ccccc2s1. The Bertz CT molecular complexity index is 1010. The summed E-state index contributed by atoms with van der Waals surface area (Å²) in [6.45, 7) is 0. The Kier molecular flexibility index (Phi) is 5.00. The summed E-state index contributed by atoms with van der Waals surface area (Å²) >= 11 is 3.16. The van der Waals surface area contributed by atoms with E-state index in [-0.39, 0.29) is 5.91 Å². The second kappa shape index (κ2) is 7.72. The molecule has 0 saturated carbocycles. The zero-order valence-electron chi connectivity index (χ0n) is 13.9. The number of hydrogen-bond acceptors (Lipinski definition) is 4. The summed E-state index contributed by atoms with van der Waals surface area (Å²) in [4.78, 5) is 18.2. The van der Waals surface area contributed by atoms with E-state index >= 15 is 0 Å². The van der Waals surface area contributed by atoms with Gasteiger partial charge in [0.05, 0.1) is 21.7 Å². The number of nitrogens with zero attached hydrogens (tertiary/aromatic N) is 1. The minimum absolute atomic E-state index is 0.0209. The van der Waals surface area contributed by atoms with E-state index < -0.39 is 0 Å². The first-order valence-electron chi connectivity index (χ1n) is 8.22. The summed E-state index contributed by atoms with van der Waals surface area (Å²) in [5, 5.41) is 3.95. The van der Waals surface area contributed by atoms with E-state index in [1.807, 2.05) is 72.8 Å². The van der Waals surface area contributed by atoms with Crippen LogP contribution in [0.15, 0.2) is 83.8 Å². The number of amides is 1. The quantitative estimate of drug-likeness (QED) is 0.455. The lowest BCUT2D eigenvalue weighted by Crippen LogP contribution is -2.14. The van der Waals surface area contributed by atoms with E-state index in [0.717, 1.165) is 31.4 Å². The predicted octanol–water partition coefficient (Wildman–Crippen LogP) is 5.69. The minimum atomic E-state index is -0.0209. The van der Waals surface area contributed by atoms with Gasteiger partial charge < -0.3 is 5.32 Å². The van der Waals surface area contributed by atoms with Gasteiger partial charge in [0.15, 0.2) is 0 Å². The van der Waals surface area contributed by atoms with E-state index in [2.05, 4.69) is 11.4 Å². The Morgan fingerprint density at radius 1 is 0.923 bits per heavy atom. The van der Waals surface area contributed by atoms with E-state index in [0.29, 0.717) is 5.75 Å². The van der Waals surface area contributed by atoms with Gasteiger partial charge in [-0.1, -0.05) is 42.5 Å². The molecule has 1 amide bonds. The van der Waals surface area contributed by atoms with Crippen LogP contribution in [-0.4, -0.2) is 16.6 Å². The first-order chi connectivity index (χ1) is 12.8. The number of anilines is 1. The molecule has 0 saturated heterocycles. The number of fused-ring (bicyclic) bond motifs is 1. The maximum Gasteiger partial charge on any atom is 0.234 e. The molecule has 0 atom stereocenters. The topological polar surface area (TPSA) is 42.0 Å². The van der Waals surface area contributed by atoms with Crippen molar-refractivity contribution in [2.75, 3.05) is 11.1 Å². The molecule has 4 aromatic rings. The van der Waals surface area contributed by atoms with Gasteiger partial charge in [-0.25, -0.2) is 4.98 Å². The molecular formula is C21H16N2OS2. The molecule has 4 rings (SSSR count). The number of nitrogens with one attached hydrogen (secondary N) is 1. The summed E-state index contributed by atoms with van der Waals surface area (Å²) in [5.41, 5.74) is 2.73. The largest absolute Gasteiger partial charge is 0.325 e. The van der Waals surface area contributed by atoms with Crippen LogP contribution in [-0.2, 0) is 4.79 Å². The Morgan fingerprint density at radius 3 is 2.50 bits per heavy atom. The minimum Gasteiger partial charge on any atom is -0.325 e. The summed E-state index contributed by atoms with van der Waals surface area (Å²) in [7, 11) is 0. The summed E-state index contributed by atoms with van der Waals surface area (Å²) in [5.74, 6) is 0.352. The van der Waals surface area contributed by atoms with Gasteiger partial charge in [-0.15, -0.1) is 23.1 Å². The average molecular weight is 377 g/mol. The molecule has 3 nitrogen and oxygen atoms in total. The highest BCUT2D eigenvalue weighted by atomic mass is 32.2. The number of para-hydroxylation sites is 2. The van der Waals surface area contributed by atoms with Crippen LogP contribution in [0.25, 0.3) is 20.8 Å². The molecule has 0 bridgehead atoms. The monoisotopic (exact) mass is 376 g/mol. The molecule has 1 N–H and O–H groups in total. The van der Waals surface area contributed by atoms with E-state index in [4.69, 9.17) is 4.98 Å². The van der Waals surface area contributed by atoms with Crippen molar-refractivity contribution in [3.8, 4) is 10.6 Å². The number of thioether (sulfide) groups is 1. The Balaban J connectivity index is 1.53. The first kappa shape index (κ1) is 16.8. The molecule has 0 unspecified atom stereocenters. The maximum absolute atomic E-state index is 12.4. The zero-order valence-corrected chi connectivity index (χ0v) is 15.5. The van der Waals surface area contributed by atoms with Crippen LogP contribution in [0.3, 0.4) is 0 Å². The summed E-state index contributed by atoms with van der Waals surface area (Å²) < 4.78 is 1.14. The Labute approximate surface area is 160 Å². The molecule has 0 spiro atoms. The van der Waals surface area contributed by atoms with E-state index in [1.54, 1.807) is 11.3 Å². The van der Waals surface area contributed by atoms with Crippen molar-refractivity contribution in [3.05, 3.63) is 78.9 Å². The highest BCUT2D eigenvalue weighted by Crippen LogP contribution is 2.34. The zero-order chi connectivity index (χ0) is 17.8. The van der Waals surface area contributed by atoms with Gasteiger partial charge in [-0.05, 0) is 36.4 Å². The van der Waals surface area contributed by atoms with Crippen molar-refractivity contribution < 1.29 is 4.79 Å². The lowest BCUT2D eigenvalue weighted by atomic mass is 10.2. The molecule has 0 fully saturated rings. The van der Waals surface area contributed by atoms with Gasteiger partial charge in [0, 0.05) is 10.5 Å². The van der Waals surface area contributed by atoms with Gasteiger partial charge in [0.25, 0.3) is 0 Å². The number of carbonyl (C=O) groups excluding carboxylic acids is 1. The van der Waals surface area contributed by atoms with Crippen molar-refractivity contribution >= 4 is 44.9 Å². The average Bonchev–Trinajstić information content (AvgIpc) is 3.12. The molecule has 128 valence electrons. The van der Waals surface area contributed by atoms with Gasteiger partial charge in [-0.2, -0.15) is 0 Å². The number of rotatable bonds is 5. The lowest BCUT2D eigenvalue weighted by molar-refractivity contribution is -0.113. The molecule has 26 heavy (non-hydrogen) atoms. The highest BCUT2D eigenvalue weighted by molar-refractivity contribution is 8.00. The third-order valence-electron chi connectivity index (χ3n) is 3.84. The van der Waals surface area contributed by atoms with E-state index in [1.165, 1.54) is 11.8 Å². The molecule has 3 aromatic carbocycles. The van der Waals surface area contributed by atoms with Crippen molar-refractivity contribution in [1.29, 1.82) is 0 Å². The van der Waals surface area contributed by atoms with Crippen LogP contribution in [0.4, 0.5) is 5.69 Å². The van der Waals surface area contributed by atoms with Gasteiger partial charge in [0.2, 0.25) is 5.91 Å². The van der Waals surface area contributed by atoms with Gasteiger partial charge in [0.1, 0.15) is 5.01 Å². The third kappa shape index (κ3) is 3.79. The maximum atomic E-state index is 12.4. The normalized spacial score (nSPS) is 10.8. The fraction of sp³-hybridized carbons (Fsp3) is 0.0476. The van der Waals surface area contributed by atoms with Crippen LogP contribution in [0, 0.1) is 0 Å². The standard InChI is InChI=1S/C21H16N2OS2/c24-20(14-25-15-8-2-1-3-9-15)22-17-11-5-4-10-16(17)21-23-18-12-6-7-13-19(18)26-21/h1-13H,14H2,(H,22,24). The van der Waals surface area contributed by atoms with Crippen molar-refractivity contribution in [1.82, 2.24) is 4.98 Å². The molecule has 0 radical (unpaired) electrons. The molecule has 1 aromatic heterocycles. The lowest BCUT2D eigenvalue weighted by Gasteiger charge is -2.09. The third-order valence-corrected chi connectivity index (χ3v) is 5.92. The highest BCUT2D eigenvalue weighted by Gasteiger charge is 2.12. The number of carbonyl (C=O) groups is 1. The van der Waals surface area contributed by atoms with Crippen LogP contribution in [0.5, 0.6) is 0 Å². The second-order valence-electron chi connectivity index (χ2n) is 5.68. The number of benzene rings is 3. The predicted molar refractivity (Wildman–Crippen MR) is 111 cm³/mol. The summed E-state index contributed by atoms with van der Waals surface area (Å²) in [6.07, 6.45) is 0. The Morgan fingerprint density at radius 2 is 1.65 bits per heavy atom. The molecule has 0 aliphatic rings.